The summed E-state index contributed by atoms with van der Waals surface area (Å²) in [5.41, 5.74) is 2.15. The smallest absolute Gasteiger partial charge is 0.243 e. The molecule has 4 rings (SSSR count). The van der Waals surface area contributed by atoms with Crippen LogP contribution in [-0.2, 0) is 21.2 Å². The molecule has 1 saturated heterocycles. The lowest BCUT2D eigenvalue weighted by Gasteiger charge is -2.34. The van der Waals surface area contributed by atoms with Gasteiger partial charge in [-0.2, -0.15) is 4.31 Å². The summed E-state index contributed by atoms with van der Waals surface area (Å²) >= 11 is 1.82. The van der Waals surface area contributed by atoms with E-state index in [1.54, 1.807) is 16.4 Å². The summed E-state index contributed by atoms with van der Waals surface area (Å²) in [5.74, 6) is 0.0833. The predicted octanol–water partition coefficient (Wildman–Crippen LogP) is 3.86. The monoisotopic (exact) mass is 487 g/mol. The molecule has 0 unspecified atom stereocenters. The molecule has 2 heterocycles. The van der Waals surface area contributed by atoms with Crippen LogP contribution in [0.3, 0.4) is 0 Å². The zero-order valence-corrected chi connectivity index (χ0v) is 21.1. The van der Waals surface area contributed by atoms with Crippen molar-refractivity contribution in [3.63, 3.8) is 0 Å². The van der Waals surface area contributed by atoms with Crippen LogP contribution in [0.1, 0.15) is 32.3 Å². The number of anilines is 1. The average Bonchev–Trinajstić information content (AvgIpc) is 2.98. The van der Waals surface area contributed by atoms with Gasteiger partial charge in [0.15, 0.2) is 0 Å². The quantitative estimate of drug-likeness (QED) is 0.619. The van der Waals surface area contributed by atoms with E-state index in [1.807, 2.05) is 47.0 Å². The molecule has 0 saturated carbocycles. The minimum absolute atomic E-state index is 0.0833. The van der Waals surface area contributed by atoms with Crippen LogP contribution in [0, 0.1) is 0 Å². The van der Waals surface area contributed by atoms with Gasteiger partial charge in [0.1, 0.15) is 0 Å². The number of sulfonamides is 1. The first-order valence-electron chi connectivity index (χ1n) is 11.8. The molecule has 0 aliphatic carbocycles. The van der Waals surface area contributed by atoms with E-state index in [0.29, 0.717) is 49.4 Å². The number of rotatable bonds is 6. The third-order valence-corrected chi connectivity index (χ3v) is 9.48. The molecule has 1 atom stereocenters. The van der Waals surface area contributed by atoms with Crippen LogP contribution in [-0.4, -0.2) is 68.0 Å². The summed E-state index contributed by atoms with van der Waals surface area (Å²) < 4.78 is 27.7. The number of aryl methyl sites for hydroxylation is 1. The second-order valence-electron chi connectivity index (χ2n) is 8.80. The van der Waals surface area contributed by atoms with Crippen molar-refractivity contribution in [2.24, 2.45) is 0 Å². The van der Waals surface area contributed by atoms with Crippen LogP contribution in [0.15, 0.2) is 58.3 Å². The van der Waals surface area contributed by atoms with Gasteiger partial charge in [0.2, 0.25) is 15.9 Å². The third-order valence-electron chi connectivity index (χ3n) is 6.33. The highest BCUT2D eigenvalue weighted by atomic mass is 32.2. The van der Waals surface area contributed by atoms with E-state index in [2.05, 4.69) is 24.8 Å². The highest BCUT2D eigenvalue weighted by Crippen LogP contribution is 2.37. The number of hydrogen-bond acceptors (Lipinski definition) is 5. The van der Waals surface area contributed by atoms with Crippen molar-refractivity contribution in [3.8, 4) is 0 Å². The summed E-state index contributed by atoms with van der Waals surface area (Å²) in [4.78, 5) is 18.7. The number of thioether (sulfide) groups is 1. The van der Waals surface area contributed by atoms with Crippen LogP contribution in [0.4, 0.5) is 5.69 Å². The molecular weight excluding hydrogens is 454 g/mol. The van der Waals surface area contributed by atoms with Gasteiger partial charge in [0, 0.05) is 42.9 Å². The van der Waals surface area contributed by atoms with E-state index in [-0.39, 0.29) is 5.91 Å². The van der Waals surface area contributed by atoms with Crippen molar-refractivity contribution in [1.82, 2.24) is 9.21 Å². The Morgan fingerprint density at radius 2 is 1.70 bits per heavy atom. The average molecular weight is 488 g/mol. The Balaban J connectivity index is 1.37. The van der Waals surface area contributed by atoms with Gasteiger partial charge in [-0.1, -0.05) is 44.5 Å². The maximum absolute atomic E-state index is 13.2. The maximum Gasteiger partial charge on any atom is 0.243 e. The minimum Gasteiger partial charge on any atom is -0.310 e. The first-order chi connectivity index (χ1) is 15.9. The van der Waals surface area contributed by atoms with Crippen LogP contribution in [0.2, 0.25) is 0 Å². The fourth-order valence-electron chi connectivity index (χ4n) is 4.42. The molecule has 178 valence electrons. The standard InChI is InChI=1S/C25H33N3O3S2/c1-3-6-21-9-11-22(12-10-21)33(30,31)27-17-15-26(16-18-27)19-25(29)28-14-13-20(2)32-24-8-5-4-7-23(24)28/h4-5,7-12,20H,3,6,13-19H2,1-2H3/t20-/m1/s1. The second-order valence-corrected chi connectivity index (χ2v) is 12.2. The number of carbonyl (C=O) groups excluding carboxylic acids is 1. The number of nitrogens with zero attached hydrogens (tertiary/aromatic N) is 3. The Bertz CT molecular complexity index is 1060. The van der Waals surface area contributed by atoms with Crippen LogP contribution in [0.5, 0.6) is 0 Å². The molecule has 2 aliphatic rings. The lowest BCUT2D eigenvalue weighted by Crippen LogP contribution is -2.51. The molecule has 0 radical (unpaired) electrons. The molecule has 2 aromatic rings. The fraction of sp³-hybridized carbons (Fsp3) is 0.480. The Hall–Kier alpha value is -1.87. The molecular formula is C25H33N3O3S2. The van der Waals surface area contributed by atoms with Crippen molar-refractivity contribution < 1.29 is 13.2 Å². The lowest BCUT2D eigenvalue weighted by molar-refractivity contribution is -0.120. The van der Waals surface area contributed by atoms with Gasteiger partial charge in [-0.3, -0.25) is 9.69 Å². The molecule has 2 aliphatic heterocycles. The molecule has 8 heteroatoms. The largest absolute Gasteiger partial charge is 0.310 e. The van der Waals surface area contributed by atoms with E-state index in [9.17, 15) is 13.2 Å². The molecule has 0 N–H and O–H groups in total. The topological polar surface area (TPSA) is 60.9 Å². The first-order valence-corrected chi connectivity index (χ1v) is 14.1. The molecule has 0 spiro atoms. The van der Waals surface area contributed by atoms with Gasteiger partial charge in [-0.05, 0) is 42.7 Å². The van der Waals surface area contributed by atoms with Crippen molar-refractivity contribution in [3.05, 3.63) is 54.1 Å². The first kappa shape index (κ1) is 24.3. The Labute approximate surface area is 202 Å². The third kappa shape index (κ3) is 5.62. The van der Waals surface area contributed by atoms with E-state index in [0.717, 1.165) is 35.4 Å². The number of para-hydroxylation sites is 1. The van der Waals surface area contributed by atoms with Crippen molar-refractivity contribution in [1.29, 1.82) is 0 Å². The number of benzene rings is 2. The summed E-state index contributed by atoms with van der Waals surface area (Å²) in [6.07, 6.45) is 2.94. The van der Waals surface area contributed by atoms with Crippen LogP contribution < -0.4 is 4.90 Å². The lowest BCUT2D eigenvalue weighted by atomic mass is 10.1. The number of amides is 1. The van der Waals surface area contributed by atoms with Gasteiger partial charge in [0.25, 0.3) is 0 Å². The molecule has 1 fully saturated rings. The number of hydrogen-bond donors (Lipinski definition) is 0. The van der Waals surface area contributed by atoms with Crippen LogP contribution in [0.25, 0.3) is 0 Å². The predicted molar refractivity (Wildman–Crippen MR) is 134 cm³/mol. The van der Waals surface area contributed by atoms with E-state index in [1.165, 1.54) is 0 Å². The molecule has 0 aromatic heterocycles. The number of piperazine rings is 1. The van der Waals surface area contributed by atoms with Gasteiger partial charge < -0.3 is 4.90 Å². The Morgan fingerprint density at radius 3 is 2.39 bits per heavy atom. The fourth-order valence-corrected chi connectivity index (χ4v) is 6.95. The SMILES string of the molecule is CCCc1ccc(S(=O)(=O)N2CCN(CC(=O)N3CC[C@@H](C)Sc4ccccc43)CC2)cc1. The summed E-state index contributed by atoms with van der Waals surface area (Å²) in [6.45, 7) is 7.25. The van der Waals surface area contributed by atoms with Crippen molar-refractivity contribution in [2.45, 2.75) is 48.2 Å². The normalized spacial score (nSPS) is 20.3. The van der Waals surface area contributed by atoms with Crippen molar-refractivity contribution >= 4 is 33.4 Å². The van der Waals surface area contributed by atoms with Crippen LogP contribution >= 0.6 is 11.8 Å². The van der Waals surface area contributed by atoms with E-state index < -0.39 is 10.0 Å². The van der Waals surface area contributed by atoms with Crippen molar-refractivity contribution in [2.75, 3.05) is 44.2 Å². The van der Waals surface area contributed by atoms with Gasteiger partial charge in [-0.15, -0.1) is 11.8 Å². The molecule has 1 amide bonds. The second kappa shape index (κ2) is 10.6. The van der Waals surface area contributed by atoms with E-state index >= 15 is 0 Å². The van der Waals surface area contributed by atoms with E-state index in [4.69, 9.17) is 0 Å². The highest BCUT2D eigenvalue weighted by molar-refractivity contribution is 8.00. The molecule has 2 aromatic carbocycles. The van der Waals surface area contributed by atoms with Gasteiger partial charge in [-0.25, -0.2) is 8.42 Å². The van der Waals surface area contributed by atoms with Gasteiger partial charge in [0.05, 0.1) is 17.1 Å². The zero-order chi connectivity index (χ0) is 23.4. The number of fused-ring (bicyclic) bond motifs is 1. The summed E-state index contributed by atoms with van der Waals surface area (Å²) in [7, 11) is -3.51. The Kier molecular flexibility index (Phi) is 7.79. The summed E-state index contributed by atoms with van der Waals surface area (Å²) in [5, 5.41) is 0.466. The minimum atomic E-state index is -3.51. The summed E-state index contributed by atoms with van der Waals surface area (Å²) in [6, 6.07) is 15.3. The molecule has 0 bridgehead atoms. The van der Waals surface area contributed by atoms with Gasteiger partial charge >= 0.3 is 0 Å². The molecule has 33 heavy (non-hydrogen) atoms. The maximum atomic E-state index is 13.2. The molecule has 6 nitrogen and oxygen atoms in total. The zero-order valence-electron chi connectivity index (χ0n) is 19.4. The Morgan fingerprint density at radius 1 is 1.00 bits per heavy atom. The number of carbonyl (C=O) groups is 1. The highest BCUT2D eigenvalue weighted by Gasteiger charge is 2.31.